The zero-order valence-electron chi connectivity index (χ0n) is 19.1. The van der Waals surface area contributed by atoms with Crippen LogP contribution < -0.4 is 0 Å². The molecule has 2 fully saturated rings. The summed E-state index contributed by atoms with van der Waals surface area (Å²) < 4.78 is 22.6. The highest BCUT2D eigenvalue weighted by Crippen LogP contribution is 2.44. The Morgan fingerprint density at radius 1 is 1.03 bits per heavy atom. The van der Waals surface area contributed by atoms with E-state index < -0.39 is 17.7 Å². The van der Waals surface area contributed by atoms with Crippen molar-refractivity contribution >= 4 is 10.8 Å². The lowest BCUT2D eigenvalue weighted by Crippen LogP contribution is -2.48. The van der Waals surface area contributed by atoms with Crippen LogP contribution in [0.5, 0.6) is 0 Å². The van der Waals surface area contributed by atoms with Crippen molar-refractivity contribution in [1.29, 1.82) is 0 Å². The minimum Gasteiger partial charge on any atom is -0.393 e. The number of methoxy groups -OCH3 is 1. The fourth-order valence-electron chi connectivity index (χ4n) is 4.36. The zero-order valence-corrected chi connectivity index (χ0v) is 19.1. The second kappa shape index (κ2) is 9.33. The number of benzene rings is 2. The molecule has 166 valence electrons. The van der Waals surface area contributed by atoms with Crippen molar-refractivity contribution in [2.45, 2.75) is 77.3 Å². The molecule has 0 saturated carbocycles. The fraction of sp³-hybridized carbons (Fsp3) is 0.600. The molecule has 30 heavy (non-hydrogen) atoms. The molecule has 0 aromatic heterocycles. The molecule has 0 unspecified atom stereocenters. The van der Waals surface area contributed by atoms with Crippen LogP contribution in [0.4, 0.5) is 0 Å². The number of aliphatic hydroxyl groups is 1. The molecule has 4 atom stereocenters. The second-order valence-corrected chi connectivity index (χ2v) is 9.10. The molecule has 2 aliphatic rings. The maximum absolute atomic E-state index is 9.49. The Morgan fingerprint density at radius 3 is 2.33 bits per heavy atom. The van der Waals surface area contributed by atoms with Gasteiger partial charge in [0, 0.05) is 7.11 Å². The summed E-state index contributed by atoms with van der Waals surface area (Å²) in [4.78, 5) is 0. The Morgan fingerprint density at radius 2 is 1.73 bits per heavy atom. The molecule has 0 spiro atoms. The lowest BCUT2D eigenvalue weighted by molar-refractivity contribution is -0.248. The molecule has 4 rings (SSSR count). The molecule has 0 amide bonds. The molecule has 1 N–H and O–H groups in total. The van der Waals surface area contributed by atoms with E-state index in [1.165, 1.54) is 22.8 Å². The first-order chi connectivity index (χ1) is 14.2. The van der Waals surface area contributed by atoms with Gasteiger partial charge < -0.3 is 24.1 Å². The first kappa shape index (κ1) is 23.2. The first-order valence-corrected chi connectivity index (χ1v) is 10.9. The van der Waals surface area contributed by atoms with Crippen molar-refractivity contribution in [1.82, 2.24) is 0 Å². The maximum atomic E-state index is 9.49. The van der Waals surface area contributed by atoms with Gasteiger partial charge in [0.1, 0.15) is 17.8 Å². The Labute approximate surface area is 180 Å². The predicted octanol–water partition coefficient (Wildman–Crippen LogP) is 4.69. The lowest BCUT2D eigenvalue weighted by atomic mass is 9.93. The van der Waals surface area contributed by atoms with E-state index in [4.69, 9.17) is 18.9 Å². The summed E-state index contributed by atoms with van der Waals surface area (Å²) in [6.07, 6.45) is 0.806. The zero-order chi connectivity index (χ0) is 21.9. The highest BCUT2D eigenvalue weighted by atomic mass is 16.8. The number of fused-ring (bicyclic) bond motifs is 2. The Hall–Kier alpha value is -1.50. The molecule has 5 nitrogen and oxygen atoms in total. The Kier molecular flexibility index (Phi) is 7.20. The van der Waals surface area contributed by atoms with E-state index in [-0.39, 0.29) is 18.8 Å². The minimum atomic E-state index is -0.708. The summed E-state index contributed by atoms with van der Waals surface area (Å²) in [5.41, 5.74) is 0.735. The topological polar surface area (TPSA) is 57.2 Å². The minimum absolute atomic E-state index is 0.0951. The van der Waals surface area contributed by atoms with Gasteiger partial charge in [0.2, 0.25) is 0 Å². The van der Waals surface area contributed by atoms with E-state index in [1.54, 1.807) is 7.11 Å². The van der Waals surface area contributed by atoms with Gasteiger partial charge in [0.15, 0.2) is 12.1 Å². The summed E-state index contributed by atoms with van der Waals surface area (Å²) in [7, 11) is 1.60. The molecule has 0 aliphatic carbocycles. The van der Waals surface area contributed by atoms with Crippen LogP contribution in [0, 0.1) is 5.92 Å². The van der Waals surface area contributed by atoms with Gasteiger partial charge in [-0.1, -0.05) is 63.2 Å². The van der Waals surface area contributed by atoms with Crippen LogP contribution in [-0.4, -0.2) is 48.7 Å². The predicted molar refractivity (Wildman–Crippen MR) is 118 cm³/mol. The van der Waals surface area contributed by atoms with Gasteiger partial charge >= 0.3 is 0 Å². The van der Waals surface area contributed by atoms with Crippen molar-refractivity contribution in [3.05, 3.63) is 48.0 Å². The maximum Gasteiger partial charge on any atom is 0.190 e. The number of hydrogen-bond acceptors (Lipinski definition) is 5. The van der Waals surface area contributed by atoms with Gasteiger partial charge in [-0.15, -0.1) is 0 Å². The molecular formula is C25H36O5. The van der Waals surface area contributed by atoms with Crippen LogP contribution in [0.2, 0.25) is 0 Å². The van der Waals surface area contributed by atoms with Gasteiger partial charge in [-0.3, -0.25) is 0 Å². The van der Waals surface area contributed by atoms with Crippen molar-refractivity contribution in [2.75, 3.05) is 13.7 Å². The normalized spacial score (nSPS) is 29.7. The Balaban J connectivity index is 0.000000172. The van der Waals surface area contributed by atoms with Crippen molar-refractivity contribution in [3.63, 3.8) is 0 Å². The third-order valence-corrected chi connectivity index (χ3v) is 5.83. The quantitative estimate of drug-likeness (QED) is 0.766. The molecule has 2 saturated heterocycles. The van der Waals surface area contributed by atoms with E-state index in [9.17, 15) is 5.11 Å². The Bertz CT molecular complexity index is 827. The number of ether oxygens (including phenoxy) is 4. The SMILES string of the molecule is CC(C)Cc1ccc2ccccc2c1.CC[C@]1(CO)O[C@@H]2OC(C)(C)O[C@@H]2[C@@H]1OC. The van der Waals surface area contributed by atoms with Crippen LogP contribution in [-0.2, 0) is 25.4 Å². The van der Waals surface area contributed by atoms with Crippen LogP contribution in [0.25, 0.3) is 10.8 Å². The number of aliphatic hydroxyl groups excluding tert-OH is 1. The average Bonchev–Trinajstić information content (AvgIpc) is 3.16. The van der Waals surface area contributed by atoms with Gasteiger partial charge in [-0.05, 0) is 48.9 Å². The van der Waals surface area contributed by atoms with Crippen LogP contribution in [0.1, 0.15) is 46.6 Å². The monoisotopic (exact) mass is 416 g/mol. The molecule has 2 aliphatic heterocycles. The lowest BCUT2D eigenvalue weighted by Gasteiger charge is -2.33. The van der Waals surface area contributed by atoms with E-state index in [0.29, 0.717) is 6.42 Å². The van der Waals surface area contributed by atoms with Crippen LogP contribution in [0.15, 0.2) is 42.5 Å². The van der Waals surface area contributed by atoms with Crippen LogP contribution in [0.3, 0.4) is 0 Å². The van der Waals surface area contributed by atoms with Crippen molar-refractivity contribution in [3.8, 4) is 0 Å². The summed E-state index contributed by atoms with van der Waals surface area (Å²) in [5.74, 6) is 0.0812. The highest BCUT2D eigenvalue weighted by Gasteiger charge is 2.61. The molecule has 0 radical (unpaired) electrons. The molecule has 5 heteroatoms. The van der Waals surface area contributed by atoms with E-state index >= 15 is 0 Å². The van der Waals surface area contributed by atoms with Crippen molar-refractivity contribution < 1.29 is 24.1 Å². The average molecular weight is 417 g/mol. The van der Waals surface area contributed by atoms with Crippen LogP contribution >= 0.6 is 0 Å². The summed E-state index contributed by atoms with van der Waals surface area (Å²) in [5, 5.41) is 12.2. The fourth-order valence-corrected chi connectivity index (χ4v) is 4.36. The first-order valence-electron chi connectivity index (χ1n) is 10.9. The standard InChI is InChI=1S/C14H16.C11H20O5/c1-11(2)9-12-7-8-13-5-3-4-6-14(13)10-12;1-5-11(6-12)8(13-4)7-9(16-11)15-10(2,3)14-7/h3-8,10-11H,9H2,1-2H3;7-9,12H,5-6H2,1-4H3/t;7-,8+,9+,11-/m.1/s1. The van der Waals surface area contributed by atoms with Gasteiger partial charge in [-0.2, -0.15) is 0 Å². The molecular weight excluding hydrogens is 380 g/mol. The molecule has 0 bridgehead atoms. The molecule has 2 aromatic carbocycles. The van der Waals surface area contributed by atoms with Crippen molar-refractivity contribution in [2.24, 2.45) is 5.92 Å². The van der Waals surface area contributed by atoms with E-state index in [2.05, 4.69) is 56.3 Å². The van der Waals surface area contributed by atoms with Gasteiger partial charge in [0.25, 0.3) is 0 Å². The third-order valence-electron chi connectivity index (χ3n) is 5.83. The van der Waals surface area contributed by atoms with E-state index in [1.807, 2.05) is 20.8 Å². The largest absolute Gasteiger partial charge is 0.393 e. The molecule has 2 aromatic rings. The number of rotatable bonds is 5. The second-order valence-electron chi connectivity index (χ2n) is 9.10. The van der Waals surface area contributed by atoms with Gasteiger partial charge in [-0.25, -0.2) is 0 Å². The summed E-state index contributed by atoms with van der Waals surface area (Å²) in [6.45, 7) is 10.1. The third kappa shape index (κ3) is 4.87. The summed E-state index contributed by atoms with van der Waals surface area (Å²) in [6, 6.07) is 15.3. The molecule has 2 heterocycles. The van der Waals surface area contributed by atoms with E-state index in [0.717, 1.165) is 5.92 Å². The summed E-state index contributed by atoms with van der Waals surface area (Å²) >= 11 is 0. The highest BCUT2D eigenvalue weighted by molar-refractivity contribution is 5.82. The van der Waals surface area contributed by atoms with Gasteiger partial charge in [0.05, 0.1) is 6.61 Å². The smallest absolute Gasteiger partial charge is 0.190 e. The number of hydrogen-bond donors (Lipinski definition) is 1.